The van der Waals surface area contributed by atoms with Gasteiger partial charge in [-0.25, -0.2) is 0 Å². The standard InChI is InChI=1S/C18H20O2/c1-15(16-9-4-2-5-10-16)20-14-8-13-18(19)17-11-6-3-7-12-17/h2-7,9-12,15H,8,13-14H2,1H3. The molecular weight excluding hydrogens is 248 g/mol. The Hall–Kier alpha value is -1.93. The summed E-state index contributed by atoms with van der Waals surface area (Å²) >= 11 is 0. The Morgan fingerprint density at radius 3 is 2.25 bits per heavy atom. The number of Topliss-reactive ketones (excluding diaryl/α,β-unsaturated/α-hetero) is 1. The Balaban J connectivity index is 1.71. The minimum Gasteiger partial charge on any atom is -0.374 e. The number of ether oxygens (including phenoxy) is 1. The normalized spacial score (nSPS) is 12.1. The molecule has 0 radical (unpaired) electrons. The SMILES string of the molecule is CC(OCCCC(=O)c1ccccc1)c1ccccc1. The summed E-state index contributed by atoms with van der Waals surface area (Å²) in [5.41, 5.74) is 1.95. The molecule has 0 aliphatic rings. The molecule has 0 aliphatic heterocycles. The lowest BCUT2D eigenvalue weighted by atomic mass is 10.1. The predicted molar refractivity (Wildman–Crippen MR) is 80.8 cm³/mol. The van der Waals surface area contributed by atoms with Crippen LogP contribution in [0.2, 0.25) is 0 Å². The molecule has 0 aromatic heterocycles. The molecule has 2 heteroatoms. The van der Waals surface area contributed by atoms with Gasteiger partial charge in [0.2, 0.25) is 0 Å². The highest BCUT2D eigenvalue weighted by Gasteiger charge is 2.07. The van der Waals surface area contributed by atoms with Crippen LogP contribution < -0.4 is 0 Å². The maximum atomic E-state index is 11.9. The zero-order chi connectivity index (χ0) is 14.2. The number of hydrogen-bond acceptors (Lipinski definition) is 2. The van der Waals surface area contributed by atoms with Gasteiger partial charge in [-0.2, -0.15) is 0 Å². The van der Waals surface area contributed by atoms with E-state index in [1.165, 1.54) is 5.56 Å². The van der Waals surface area contributed by atoms with Gasteiger partial charge >= 0.3 is 0 Å². The maximum Gasteiger partial charge on any atom is 0.162 e. The molecular formula is C18H20O2. The van der Waals surface area contributed by atoms with Crippen LogP contribution in [0.4, 0.5) is 0 Å². The molecule has 0 heterocycles. The van der Waals surface area contributed by atoms with Crippen LogP contribution in [0.3, 0.4) is 0 Å². The first-order chi connectivity index (χ1) is 9.77. The molecule has 2 aromatic carbocycles. The molecule has 0 bridgehead atoms. The summed E-state index contributed by atoms with van der Waals surface area (Å²) in [7, 11) is 0. The molecule has 2 aromatic rings. The lowest BCUT2D eigenvalue weighted by molar-refractivity contribution is 0.0611. The third-order valence-electron chi connectivity index (χ3n) is 3.28. The number of carbonyl (C=O) groups excluding carboxylic acids is 1. The van der Waals surface area contributed by atoms with E-state index in [2.05, 4.69) is 12.1 Å². The first kappa shape index (κ1) is 14.5. The van der Waals surface area contributed by atoms with E-state index in [1.807, 2.05) is 55.5 Å². The van der Waals surface area contributed by atoms with Crippen molar-refractivity contribution in [3.63, 3.8) is 0 Å². The molecule has 0 aliphatic carbocycles. The summed E-state index contributed by atoms with van der Waals surface area (Å²) in [6.07, 6.45) is 1.36. The minimum atomic E-state index is 0.0722. The van der Waals surface area contributed by atoms with Gasteiger partial charge in [-0.15, -0.1) is 0 Å². The summed E-state index contributed by atoms with van der Waals surface area (Å²) in [6.45, 7) is 2.64. The van der Waals surface area contributed by atoms with Gasteiger partial charge in [0.25, 0.3) is 0 Å². The van der Waals surface area contributed by atoms with Crippen molar-refractivity contribution in [3.05, 3.63) is 71.8 Å². The van der Waals surface area contributed by atoms with Crippen molar-refractivity contribution < 1.29 is 9.53 Å². The van der Waals surface area contributed by atoms with E-state index in [-0.39, 0.29) is 11.9 Å². The quantitative estimate of drug-likeness (QED) is 0.548. The number of hydrogen-bond donors (Lipinski definition) is 0. The van der Waals surface area contributed by atoms with Crippen molar-refractivity contribution in [1.29, 1.82) is 0 Å². The number of rotatable bonds is 7. The summed E-state index contributed by atoms with van der Waals surface area (Å²) in [4.78, 5) is 11.9. The fourth-order valence-corrected chi connectivity index (χ4v) is 2.08. The third-order valence-corrected chi connectivity index (χ3v) is 3.28. The number of benzene rings is 2. The van der Waals surface area contributed by atoms with Crippen LogP contribution in [0.1, 0.15) is 41.8 Å². The first-order valence-electron chi connectivity index (χ1n) is 7.02. The Labute approximate surface area is 120 Å². The lowest BCUT2D eigenvalue weighted by Crippen LogP contribution is -2.05. The van der Waals surface area contributed by atoms with Gasteiger partial charge in [0.15, 0.2) is 5.78 Å². The van der Waals surface area contributed by atoms with E-state index in [4.69, 9.17) is 4.74 Å². The molecule has 0 saturated carbocycles. The van der Waals surface area contributed by atoms with E-state index in [0.29, 0.717) is 13.0 Å². The van der Waals surface area contributed by atoms with Crippen molar-refractivity contribution in [2.45, 2.75) is 25.9 Å². The molecule has 0 amide bonds. The second kappa shape index (κ2) is 7.61. The third kappa shape index (κ3) is 4.32. The molecule has 2 nitrogen and oxygen atoms in total. The van der Waals surface area contributed by atoms with E-state index < -0.39 is 0 Å². The Bertz CT molecular complexity index is 520. The van der Waals surface area contributed by atoms with E-state index in [0.717, 1.165) is 12.0 Å². The van der Waals surface area contributed by atoms with E-state index >= 15 is 0 Å². The molecule has 0 fully saturated rings. The van der Waals surface area contributed by atoms with Gasteiger partial charge in [-0.05, 0) is 18.9 Å². The first-order valence-corrected chi connectivity index (χ1v) is 7.02. The predicted octanol–water partition coefficient (Wildman–Crippen LogP) is 4.43. The Morgan fingerprint density at radius 2 is 1.60 bits per heavy atom. The van der Waals surface area contributed by atoms with Crippen LogP contribution in [0.25, 0.3) is 0 Å². The highest BCUT2D eigenvalue weighted by Crippen LogP contribution is 2.16. The van der Waals surface area contributed by atoms with Gasteiger partial charge in [-0.1, -0.05) is 60.7 Å². The van der Waals surface area contributed by atoms with Crippen molar-refractivity contribution in [2.24, 2.45) is 0 Å². The topological polar surface area (TPSA) is 26.3 Å². The van der Waals surface area contributed by atoms with Crippen molar-refractivity contribution in [2.75, 3.05) is 6.61 Å². The van der Waals surface area contributed by atoms with Crippen LogP contribution in [-0.2, 0) is 4.74 Å². The smallest absolute Gasteiger partial charge is 0.162 e. The van der Waals surface area contributed by atoms with E-state index in [1.54, 1.807) is 0 Å². The molecule has 2 rings (SSSR count). The zero-order valence-electron chi connectivity index (χ0n) is 11.8. The minimum absolute atomic E-state index is 0.0722. The van der Waals surface area contributed by atoms with Gasteiger partial charge in [0.05, 0.1) is 6.10 Å². The second-order valence-corrected chi connectivity index (χ2v) is 4.82. The average molecular weight is 268 g/mol. The number of ketones is 1. The Morgan fingerprint density at radius 1 is 1.00 bits per heavy atom. The van der Waals surface area contributed by atoms with E-state index in [9.17, 15) is 4.79 Å². The van der Waals surface area contributed by atoms with Crippen LogP contribution in [0, 0.1) is 0 Å². The molecule has 20 heavy (non-hydrogen) atoms. The molecule has 0 spiro atoms. The highest BCUT2D eigenvalue weighted by atomic mass is 16.5. The zero-order valence-corrected chi connectivity index (χ0v) is 11.8. The molecule has 0 N–H and O–H groups in total. The van der Waals surface area contributed by atoms with Crippen molar-refractivity contribution in [1.82, 2.24) is 0 Å². The van der Waals surface area contributed by atoms with Crippen LogP contribution in [0.5, 0.6) is 0 Å². The van der Waals surface area contributed by atoms with Crippen molar-refractivity contribution in [3.8, 4) is 0 Å². The summed E-state index contributed by atoms with van der Waals surface area (Å²) in [5.74, 6) is 0.182. The highest BCUT2D eigenvalue weighted by molar-refractivity contribution is 5.95. The molecule has 0 saturated heterocycles. The van der Waals surface area contributed by atoms with Crippen LogP contribution in [0.15, 0.2) is 60.7 Å². The fraction of sp³-hybridized carbons (Fsp3) is 0.278. The summed E-state index contributed by atoms with van der Waals surface area (Å²) in [6, 6.07) is 19.5. The maximum absolute atomic E-state index is 11.9. The summed E-state index contributed by atoms with van der Waals surface area (Å²) in [5, 5.41) is 0. The van der Waals surface area contributed by atoms with Gasteiger partial charge < -0.3 is 4.74 Å². The van der Waals surface area contributed by atoms with Crippen LogP contribution in [-0.4, -0.2) is 12.4 Å². The lowest BCUT2D eigenvalue weighted by Gasteiger charge is -2.13. The average Bonchev–Trinajstić information content (AvgIpc) is 2.53. The monoisotopic (exact) mass is 268 g/mol. The molecule has 1 unspecified atom stereocenters. The van der Waals surface area contributed by atoms with Gasteiger partial charge in [0, 0.05) is 18.6 Å². The molecule has 104 valence electrons. The Kier molecular flexibility index (Phi) is 5.51. The van der Waals surface area contributed by atoms with Crippen molar-refractivity contribution >= 4 is 5.78 Å². The summed E-state index contributed by atoms with van der Waals surface area (Å²) < 4.78 is 5.76. The molecule has 1 atom stereocenters. The van der Waals surface area contributed by atoms with Gasteiger partial charge in [-0.3, -0.25) is 4.79 Å². The number of carbonyl (C=O) groups is 1. The largest absolute Gasteiger partial charge is 0.374 e. The van der Waals surface area contributed by atoms with Crippen LogP contribution >= 0.6 is 0 Å². The van der Waals surface area contributed by atoms with Gasteiger partial charge in [0.1, 0.15) is 0 Å². The fourth-order valence-electron chi connectivity index (χ4n) is 2.08. The second-order valence-electron chi connectivity index (χ2n) is 4.82.